The Labute approximate surface area is 166 Å². The molecule has 0 radical (unpaired) electrons. The summed E-state index contributed by atoms with van der Waals surface area (Å²) in [6.07, 6.45) is 3.35. The highest BCUT2D eigenvalue weighted by atomic mass is 32.2. The third-order valence-electron chi connectivity index (χ3n) is 3.96. The largest absolute Gasteiger partial charge is 0.493 e. The van der Waals surface area contributed by atoms with E-state index in [1.807, 2.05) is 12.1 Å². The van der Waals surface area contributed by atoms with Gasteiger partial charge in [0.05, 0.1) is 25.7 Å². The predicted molar refractivity (Wildman–Crippen MR) is 106 cm³/mol. The van der Waals surface area contributed by atoms with Gasteiger partial charge in [-0.15, -0.1) is 0 Å². The summed E-state index contributed by atoms with van der Waals surface area (Å²) in [6.45, 7) is 0.373. The van der Waals surface area contributed by atoms with Gasteiger partial charge in [-0.3, -0.25) is 9.36 Å². The van der Waals surface area contributed by atoms with Crippen LogP contribution in [0.3, 0.4) is 0 Å². The van der Waals surface area contributed by atoms with E-state index in [2.05, 4.69) is 10.3 Å². The van der Waals surface area contributed by atoms with Crippen molar-refractivity contribution in [3.05, 3.63) is 66.2 Å². The standard InChI is InChI=1S/C20H20FN3O3S/c1-26-17-7-6-14(10-18(17)27-2)12-23-19(25)13-28-20-22-8-9-24(20)16-5-3-4-15(21)11-16/h3-11H,12-13H2,1-2H3,(H,23,25). The van der Waals surface area contributed by atoms with Crippen LogP contribution in [-0.4, -0.2) is 35.4 Å². The number of imidazole rings is 1. The van der Waals surface area contributed by atoms with E-state index >= 15 is 0 Å². The topological polar surface area (TPSA) is 65.4 Å². The van der Waals surface area contributed by atoms with Gasteiger partial charge in [0.25, 0.3) is 0 Å². The number of carbonyl (C=O) groups is 1. The van der Waals surface area contributed by atoms with Crippen LogP contribution in [0.1, 0.15) is 5.56 Å². The van der Waals surface area contributed by atoms with E-state index in [1.54, 1.807) is 49.4 Å². The summed E-state index contributed by atoms with van der Waals surface area (Å²) < 4.78 is 25.7. The van der Waals surface area contributed by atoms with Crippen molar-refractivity contribution in [1.82, 2.24) is 14.9 Å². The maximum atomic E-state index is 13.4. The summed E-state index contributed by atoms with van der Waals surface area (Å²) in [5.41, 5.74) is 1.56. The number of rotatable bonds is 8. The third-order valence-corrected chi connectivity index (χ3v) is 4.93. The number of nitrogens with zero attached hydrogens (tertiary/aromatic N) is 2. The zero-order valence-corrected chi connectivity index (χ0v) is 16.3. The normalized spacial score (nSPS) is 10.5. The number of hydrogen-bond donors (Lipinski definition) is 1. The van der Waals surface area contributed by atoms with Crippen molar-refractivity contribution in [2.24, 2.45) is 0 Å². The van der Waals surface area contributed by atoms with Crippen LogP contribution in [0.2, 0.25) is 0 Å². The molecule has 0 aliphatic carbocycles. The number of carbonyl (C=O) groups excluding carboxylic acids is 1. The second-order valence-corrected chi connectivity index (χ2v) is 6.76. The molecule has 28 heavy (non-hydrogen) atoms. The molecule has 0 fully saturated rings. The summed E-state index contributed by atoms with van der Waals surface area (Å²) in [7, 11) is 3.14. The number of nitrogens with one attached hydrogen (secondary N) is 1. The fourth-order valence-corrected chi connectivity index (χ4v) is 3.39. The number of ether oxygens (including phenoxy) is 2. The van der Waals surface area contributed by atoms with Crippen molar-refractivity contribution >= 4 is 17.7 Å². The average Bonchev–Trinajstić information content (AvgIpc) is 3.19. The Hall–Kier alpha value is -3.00. The molecule has 0 aliphatic heterocycles. The highest BCUT2D eigenvalue weighted by Crippen LogP contribution is 2.27. The van der Waals surface area contributed by atoms with E-state index in [4.69, 9.17) is 9.47 Å². The van der Waals surface area contributed by atoms with Crippen LogP contribution in [0, 0.1) is 5.82 Å². The molecule has 0 saturated heterocycles. The first kappa shape index (κ1) is 19.8. The SMILES string of the molecule is COc1ccc(CNC(=O)CSc2nccn2-c2cccc(F)c2)cc1OC. The lowest BCUT2D eigenvalue weighted by Crippen LogP contribution is -2.24. The molecular formula is C20H20FN3O3S. The molecule has 0 saturated carbocycles. The zero-order chi connectivity index (χ0) is 19.9. The Bertz CT molecular complexity index is 961. The van der Waals surface area contributed by atoms with Gasteiger partial charge in [-0.2, -0.15) is 0 Å². The lowest BCUT2D eigenvalue weighted by molar-refractivity contribution is -0.118. The first-order chi connectivity index (χ1) is 13.6. The summed E-state index contributed by atoms with van der Waals surface area (Å²) in [6, 6.07) is 11.7. The van der Waals surface area contributed by atoms with Crippen LogP contribution < -0.4 is 14.8 Å². The monoisotopic (exact) mass is 401 g/mol. The van der Waals surface area contributed by atoms with E-state index in [-0.39, 0.29) is 17.5 Å². The van der Waals surface area contributed by atoms with Gasteiger partial charge in [-0.1, -0.05) is 23.9 Å². The van der Waals surface area contributed by atoms with Crippen molar-refractivity contribution in [1.29, 1.82) is 0 Å². The van der Waals surface area contributed by atoms with E-state index < -0.39 is 0 Å². The molecule has 0 bridgehead atoms. The van der Waals surface area contributed by atoms with Crippen molar-refractivity contribution in [3.63, 3.8) is 0 Å². The molecule has 0 aliphatic rings. The molecule has 146 valence electrons. The number of methoxy groups -OCH3 is 2. The van der Waals surface area contributed by atoms with Gasteiger partial charge >= 0.3 is 0 Å². The van der Waals surface area contributed by atoms with Crippen LogP contribution in [0.15, 0.2) is 60.0 Å². The smallest absolute Gasteiger partial charge is 0.230 e. The van der Waals surface area contributed by atoms with E-state index in [1.165, 1.54) is 23.9 Å². The maximum Gasteiger partial charge on any atom is 0.230 e. The van der Waals surface area contributed by atoms with Crippen LogP contribution in [0.25, 0.3) is 5.69 Å². The first-order valence-electron chi connectivity index (χ1n) is 8.50. The Morgan fingerprint density at radius 3 is 2.75 bits per heavy atom. The van der Waals surface area contributed by atoms with Crippen LogP contribution in [0.4, 0.5) is 4.39 Å². The van der Waals surface area contributed by atoms with Gasteiger partial charge in [-0.05, 0) is 35.9 Å². The Kier molecular flexibility index (Phi) is 6.54. The minimum Gasteiger partial charge on any atom is -0.493 e. The second-order valence-electron chi connectivity index (χ2n) is 5.81. The fraction of sp³-hybridized carbons (Fsp3) is 0.200. The first-order valence-corrected chi connectivity index (χ1v) is 9.49. The minimum absolute atomic E-state index is 0.131. The molecule has 1 aromatic heterocycles. The number of amides is 1. The summed E-state index contributed by atoms with van der Waals surface area (Å²) >= 11 is 1.28. The fourth-order valence-electron chi connectivity index (χ4n) is 2.59. The molecular weight excluding hydrogens is 381 g/mol. The van der Waals surface area contributed by atoms with Crippen molar-refractivity contribution in [2.75, 3.05) is 20.0 Å². The quantitative estimate of drug-likeness (QED) is 0.586. The molecule has 8 heteroatoms. The van der Waals surface area contributed by atoms with Gasteiger partial charge in [0, 0.05) is 18.9 Å². The highest BCUT2D eigenvalue weighted by Gasteiger charge is 2.10. The highest BCUT2D eigenvalue weighted by molar-refractivity contribution is 7.99. The average molecular weight is 401 g/mol. The predicted octanol–water partition coefficient (Wildman–Crippen LogP) is 3.44. The summed E-state index contributed by atoms with van der Waals surface area (Å²) in [4.78, 5) is 16.5. The Morgan fingerprint density at radius 1 is 1.18 bits per heavy atom. The van der Waals surface area contributed by atoms with Crippen LogP contribution in [-0.2, 0) is 11.3 Å². The van der Waals surface area contributed by atoms with E-state index in [0.717, 1.165) is 5.56 Å². The van der Waals surface area contributed by atoms with Gasteiger partial charge in [0.1, 0.15) is 5.82 Å². The number of halogens is 1. The lowest BCUT2D eigenvalue weighted by atomic mass is 10.2. The molecule has 3 rings (SSSR count). The molecule has 3 aromatic rings. The van der Waals surface area contributed by atoms with Crippen LogP contribution in [0.5, 0.6) is 11.5 Å². The van der Waals surface area contributed by atoms with Gasteiger partial charge in [-0.25, -0.2) is 9.37 Å². The minimum atomic E-state index is -0.324. The lowest BCUT2D eigenvalue weighted by Gasteiger charge is -2.10. The Balaban J connectivity index is 1.56. The molecule has 1 amide bonds. The summed E-state index contributed by atoms with van der Waals surface area (Å²) in [5.74, 6) is 0.987. The number of thioether (sulfide) groups is 1. The number of benzene rings is 2. The molecule has 0 atom stereocenters. The van der Waals surface area contributed by atoms with E-state index in [9.17, 15) is 9.18 Å². The zero-order valence-electron chi connectivity index (χ0n) is 15.5. The Morgan fingerprint density at radius 2 is 2.00 bits per heavy atom. The van der Waals surface area contributed by atoms with E-state index in [0.29, 0.717) is 28.9 Å². The number of hydrogen-bond acceptors (Lipinski definition) is 5. The van der Waals surface area contributed by atoms with Crippen molar-refractivity contribution in [3.8, 4) is 17.2 Å². The van der Waals surface area contributed by atoms with Crippen molar-refractivity contribution in [2.45, 2.75) is 11.7 Å². The molecule has 1 N–H and O–H groups in total. The van der Waals surface area contributed by atoms with Crippen LogP contribution >= 0.6 is 11.8 Å². The molecule has 2 aromatic carbocycles. The maximum absolute atomic E-state index is 13.4. The summed E-state index contributed by atoms with van der Waals surface area (Å²) in [5, 5.41) is 3.48. The third kappa shape index (κ3) is 4.83. The molecule has 1 heterocycles. The van der Waals surface area contributed by atoms with Crippen molar-refractivity contribution < 1.29 is 18.7 Å². The molecule has 0 spiro atoms. The number of aromatic nitrogens is 2. The van der Waals surface area contributed by atoms with Gasteiger partial charge in [0.2, 0.25) is 5.91 Å². The van der Waals surface area contributed by atoms with Gasteiger partial charge < -0.3 is 14.8 Å². The van der Waals surface area contributed by atoms with Gasteiger partial charge in [0.15, 0.2) is 16.7 Å². The molecule has 0 unspecified atom stereocenters. The molecule has 6 nitrogen and oxygen atoms in total. The second kappa shape index (κ2) is 9.27.